The first-order valence-corrected chi connectivity index (χ1v) is 8.92. The fourth-order valence-electron chi connectivity index (χ4n) is 3.67. The van der Waals surface area contributed by atoms with Crippen LogP contribution in [-0.2, 0) is 6.42 Å². The van der Waals surface area contributed by atoms with E-state index < -0.39 is 0 Å². The monoisotopic (exact) mass is 272 g/mol. The molecule has 1 aromatic carbocycles. The minimum Gasteiger partial charge on any atom is -0.0654 e. The molecule has 1 aliphatic carbocycles. The largest absolute Gasteiger partial charge is 0.0654 e. The van der Waals surface area contributed by atoms with Crippen LogP contribution < -0.4 is 0 Å². The average molecular weight is 272 g/mol. The van der Waals surface area contributed by atoms with Gasteiger partial charge in [0.1, 0.15) is 0 Å². The molecule has 0 amide bonds. The Morgan fingerprint density at radius 1 is 0.850 bits per heavy atom. The summed E-state index contributed by atoms with van der Waals surface area (Å²) in [5, 5.41) is 0. The Hall–Kier alpha value is -0.780. The SMILES string of the molecule is CCCCCCC1CCC(c2ccc(CC)cc2)CC1. The van der Waals surface area contributed by atoms with Gasteiger partial charge in [0, 0.05) is 0 Å². The summed E-state index contributed by atoms with van der Waals surface area (Å²) in [5.74, 6) is 1.87. The lowest BCUT2D eigenvalue weighted by atomic mass is 9.77. The summed E-state index contributed by atoms with van der Waals surface area (Å²) in [6.07, 6.45) is 14.1. The van der Waals surface area contributed by atoms with E-state index in [9.17, 15) is 0 Å². The van der Waals surface area contributed by atoms with Gasteiger partial charge in [-0.2, -0.15) is 0 Å². The molecule has 0 heteroatoms. The van der Waals surface area contributed by atoms with Crippen LogP contribution in [0.25, 0.3) is 0 Å². The van der Waals surface area contributed by atoms with E-state index in [0.717, 1.165) is 18.3 Å². The lowest BCUT2D eigenvalue weighted by Gasteiger charge is -2.29. The highest BCUT2D eigenvalue weighted by molar-refractivity contribution is 5.25. The van der Waals surface area contributed by atoms with Crippen molar-refractivity contribution in [1.82, 2.24) is 0 Å². The molecule has 1 aliphatic rings. The third kappa shape index (κ3) is 4.65. The number of unbranched alkanes of at least 4 members (excludes halogenated alkanes) is 3. The van der Waals surface area contributed by atoms with Gasteiger partial charge in [-0.05, 0) is 55.1 Å². The molecule has 1 aromatic rings. The van der Waals surface area contributed by atoms with Gasteiger partial charge in [0.15, 0.2) is 0 Å². The zero-order valence-electron chi connectivity index (χ0n) is 13.5. The van der Waals surface area contributed by atoms with Crippen molar-refractivity contribution >= 4 is 0 Å². The molecule has 0 atom stereocenters. The van der Waals surface area contributed by atoms with E-state index in [2.05, 4.69) is 38.1 Å². The number of hydrogen-bond acceptors (Lipinski definition) is 0. The second-order valence-electron chi connectivity index (χ2n) is 6.66. The van der Waals surface area contributed by atoms with E-state index in [1.807, 2.05) is 0 Å². The summed E-state index contributed by atoms with van der Waals surface area (Å²) >= 11 is 0. The van der Waals surface area contributed by atoms with Gasteiger partial charge in [-0.1, -0.05) is 70.2 Å². The highest BCUT2D eigenvalue weighted by Gasteiger charge is 2.21. The molecule has 0 N–H and O–H groups in total. The highest BCUT2D eigenvalue weighted by atomic mass is 14.3. The Bertz CT molecular complexity index is 354. The number of benzene rings is 1. The third-order valence-electron chi connectivity index (χ3n) is 5.17. The van der Waals surface area contributed by atoms with Crippen LogP contribution in [0.3, 0.4) is 0 Å². The van der Waals surface area contributed by atoms with Crippen molar-refractivity contribution in [3.05, 3.63) is 35.4 Å². The van der Waals surface area contributed by atoms with Gasteiger partial charge in [0.25, 0.3) is 0 Å². The fourth-order valence-corrected chi connectivity index (χ4v) is 3.67. The molecule has 0 heterocycles. The maximum atomic E-state index is 2.38. The number of hydrogen-bond donors (Lipinski definition) is 0. The predicted molar refractivity (Wildman–Crippen MR) is 89.3 cm³/mol. The van der Waals surface area contributed by atoms with Crippen LogP contribution in [0.1, 0.15) is 88.7 Å². The molecule has 1 saturated carbocycles. The molecule has 0 spiro atoms. The summed E-state index contributed by atoms with van der Waals surface area (Å²) in [5.41, 5.74) is 3.06. The van der Waals surface area contributed by atoms with Gasteiger partial charge in [0.2, 0.25) is 0 Å². The van der Waals surface area contributed by atoms with Crippen LogP contribution in [0, 0.1) is 5.92 Å². The normalized spacial score (nSPS) is 22.9. The van der Waals surface area contributed by atoms with Crippen LogP contribution in [0.15, 0.2) is 24.3 Å². The second-order valence-corrected chi connectivity index (χ2v) is 6.66. The number of rotatable bonds is 7. The first kappa shape index (κ1) is 15.6. The van der Waals surface area contributed by atoms with Gasteiger partial charge < -0.3 is 0 Å². The highest BCUT2D eigenvalue weighted by Crippen LogP contribution is 2.37. The van der Waals surface area contributed by atoms with Crippen molar-refractivity contribution in [2.45, 2.75) is 84.0 Å². The lowest BCUT2D eigenvalue weighted by molar-refractivity contribution is 0.302. The Labute approximate surface area is 126 Å². The lowest BCUT2D eigenvalue weighted by Crippen LogP contribution is -2.13. The van der Waals surface area contributed by atoms with Crippen molar-refractivity contribution in [3.63, 3.8) is 0 Å². The Kier molecular flexibility index (Phi) is 6.63. The maximum absolute atomic E-state index is 2.38. The molecule has 0 unspecified atom stereocenters. The van der Waals surface area contributed by atoms with Crippen LogP contribution in [0.4, 0.5) is 0 Å². The number of aryl methyl sites for hydroxylation is 1. The van der Waals surface area contributed by atoms with E-state index in [0.29, 0.717) is 0 Å². The minimum absolute atomic E-state index is 0.841. The molecule has 112 valence electrons. The first-order valence-electron chi connectivity index (χ1n) is 8.92. The Morgan fingerprint density at radius 3 is 2.15 bits per heavy atom. The van der Waals surface area contributed by atoms with Gasteiger partial charge in [0.05, 0.1) is 0 Å². The Morgan fingerprint density at radius 2 is 1.55 bits per heavy atom. The van der Waals surface area contributed by atoms with Crippen molar-refractivity contribution in [2.24, 2.45) is 5.92 Å². The van der Waals surface area contributed by atoms with Crippen molar-refractivity contribution in [2.75, 3.05) is 0 Å². The average Bonchev–Trinajstić information content (AvgIpc) is 2.52. The van der Waals surface area contributed by atoms with Gasteiger partial charge >= 0.3 is 0 Å². The predicted octanol–water partition coefficient (Wildman–Crippen LogP) is 6.49. The Balaban J connectivity index is 1.73. The van der Waals surface area contributed by atoms with E-state index in [1.54, 1.807) is 5.56 Å². The molecular weight excluding hydrogens is 240 g/mol. The van der Waals surface area contributed by atoms with E-state index in [4.69, 9.17) is 0 Å². The molecule has 0 radical (unpaired) electrons. The molecule has 2 rings (SSSR count). The zero-order chi connectivity index (χ0) is 14.2. The smallest absolute Gasteiger partial charge is 0.0162 e. The molecule has 1 fully saturated rings. The summed E-state index contributed by atoms with van der Waals surface area (Å²) in [7, 11) is 0. The summed E-state index contributed by atoms with van der Waals surface area (Å²) in [6.45, 7) is 4.54. The van der Waals surface area contributed by atoms with Crippen LogP contribution in [0.2, 0.25) is 0 Å². The molecule has 0 aliphatic heterocycles. The van der Waals surface area contributed by atoms with Crippen molar-refractivity contribution < 1.29 is 0 Å². The summed E-state index contributed by atoms with van der Waals surface area (Å²) in [6, 6.07) is 9.41. The zero-order valence-corrected chi connectivity index (χ0v) is 13.5. The fraction of sp³-hybridized carbons (Fsp3) is 0.700. The molecule has 0 nitrogen and oxygen atoms in total. The molecule has 20 heavy (non-hydrogen) atoms. The van der Waals surface area contributed by atoms with Gasteiger partial charge in [-0.25, -0.2) is 0 Å². The van der Waals surface area contributed by atoms with Crippen molar-refractivity contribution in [1.29, 1.82) is 0 Å². The van der Waals surface area contributed by atoms with Gasteiger partial charge in [-0.3, -0.25) is 0 Å². The van der Waals surface area contributed by atoms with Crippen LogP contribution in [-0.4, -0.2) is 0 Å². The van der Waals surface area contributed by atoms with Crippen molar-refractivity contribution in [3.8, 4) is 0 Å². The van der Waals surface area contributed by atoms with E-state index >= 15 is 0 Å². The second kappa shape index (κ2) is 8.49. The summed E-state index contributed by atoms with van der Waals surface area (Å²) in [4.78, 5) is 0. The van der Waals surface area contributed by atoms with Gasteiger partial charge in [-0.15, -0.1) is 0 Å². The molecule has 0 bridgehead atoms. The summed E-state index contributed by atoms with van der Waals surface area (Å²) < 4.78 is 0. The van der Waals surface area contributed by atoms with Crippen LogP contribution >= 0.6 is 0 Å². The molecule has 0 saturated heterocycles. The molecule has 0 aromatic heterocycles. The minimum atomic E-state index is 0.841. The first-order chi connectivity index (χ1) is 9.83. The van der Waals surface area contributed by atoms with E-state index in [-0.39, 0.29) is 0 Å². The quantitative estimate of drug-likeness (QED) is 0.497. The standard InChI is InChI=1S/C20H32/c1-3-5-6-7-8-18-11-15-20(16-12-18)19-13-9-17(4-2)10-14-19/h9-10,13-14,18,20H,3-8,11-12,15-16H2,1-2H3. The van der Waals surface area contributed by atoms with Crippen LogP contribution in [0.5, 0.6) is 0 Å². The molecular formula is C20H32. The topological polar surface area (TPSA) is 0 Å². The van der Waals surface area contributed by atoms with E-state index in [1.165, 1.54) is 63.4 Å². The maximum Gasteiger partial charge on any atom is -0.0162 e. The third-order valence-corrected chi connectivity index (χ3v) is 5.17.